The highest BCUT2D eigenvalue weighted by atomic mass is 16.3. The number of benzene rings is 7. The minimum atomic E-state index is 0.528. The molecule has 0 fully saturated rings. The lowest BCUT2D eigenvalue weighted by atomic mass is 9.98. The van der Waals surface area contributed by atoms with Gasteiger partial charge in [0.2, 0.25) is 0 Å². The number of aromatic nitrogens is 5. The zero-order chi connectivity index (χ0) is 37.0. The maximum atomic E-state index is 6.90. The third kappa shape index (κ3) is 5.27. The SMILES string of the molecule is c1ccc(-c2cnc(-c3cccc4c3oc3cc5c6ccccc6n(-c6ccccc6)c5cc34)c(-c3nc(-c4ccccc4)nc(-c4ccccc4)n3)c2)cc1. The molecule has 0 atom stereocenters. The minimum Gasteiger partial charge on any atom is -0.455 e. The second kappa shape index (κ2) is 13.0. The first-order chi connectivity index (χ1) is 27.8. The summed E-state index contributed by atoms with van der Waals surface area (Å²) < 4.78 is 9.24. The van der Waals surface area contributed by atoms with Crippen LogP contribution in [0.25, 0.3) is 106 Å². The largest absolute Gasteiger partial charge is 0.455 e. The molecular formula is C50H31N5O. The van der Waals surface area contributed by atoms with Crippen LogP contribution in [-0.4, -0.2) is 24.5 Å². The smallest absolute Gasteiger partial charge is 0.166 e. The van der Waals surface area contributed by atoms with E-state index in [0.29, 0.717) is 17.5 Å². The summed E-state index contributed by atoms with van der Waals surface area (Å²) in [7, 11) is 0. The summed E-state index contributed by atoms with van der Waals surface area (Å²) in [6.07, 6.45) is 1.93. The van der Waals surface area contributed by atoms with Crippen LogP contribution in [0.2, 0.25) is 0 Å². The van der Waals surface area contributed by atoms with Gasteiger partial charge in [0.15, 0.2) is 17.5 Å². The van der Waals surface area contributed by atoms with Gasteiger partial charge in [0.05, 0.1) is 16.7 Å². The fourth-order valence-electron chi connectivity index (χ4n) is 7.87. The van der Waals surface area contributed by atoms with Crippen LogP contribution in [-0.2, 0) is 0 Å². The van der Waals surface area contributed by atoms with Gasteiger partial charge < -0.3 is 8.98 Å². The fourth-order valence-corrected chi connectivity index (χ4v) is 7.87. The van der Waals surface area contributed by atoms with Crippen molar-refractivity contribution in [3.05, 3.63) is 188 Å². The van der Waals surface area contributed by atoms with E-state index in [0.717, 1.165) is 83.1 Å². The van der Waals surface area contributed by atoms with Gasteiger partial charge in [-0.25, -0.2) is 15.0 Å². The summed E-state index contributed by atoms with van der Waals surface area (Å²) in [5, 5.41) is 4.35. The van der Waals surface area contributed by atoms with Crippen LogP contribution in [0.5, 0.6) is 0 Å². The summed E-state index contributed by atoms with van der Waals surface area (Å²) in [6.45, 7) is 0. The van der Waals surface area contributed by atoms with Gasteiger partial charge in [-0.15, -0.1) is 0 Å². The Morgan fingerprint density at radius 1 is 0.393 bits per heavy atom. The monoisotopic (exact) mass is 717 g/mol. The number of para-hydroxylation sites is 3. The first-order valence-corrected chi connectivity index (χ1v) is 18.6. The van der Waals surface area contributed by atoms with Crippen molar-refractivity contribution >= 4 is 43.7 Å². The van der Waals surface area contributed by atoms with E-state index in [9.17, 15) is 0 Å². The zero-order valence-electron chi connectivity index (χ0n) is 30.0. The van der Waals surface area contributed by atoms with Crippen molar-refractivity contribution < 1.29 is 4.42 Å². The lowest BCUT2D eigenvalue weighted by Crippen LogP contribution is -2.02. The lowest BCUT2D eigenvalue weighted by molar-refractivity contribution is 0.670. The number of hydrogen-bond acceptors (Lipinski definition) is 5. The Bertz CT molecular complexity index is 3170. The maximum absolute atomic E-state index is 6.90. The van der Waals surface area contributed by atoms with E-state index in [1.54, 1.807) is 0 Å². The predicted molar refractivity (Wildman–Crippen MR) is 226 cm³/mol. The van der Waals surface area contributed by atoms with E-state index >= 15 is 0 Å². The molecule has 262 valence electrons. The molecule has 4 heterocycles. The highest BCUT2D eigenvalue weighted by Gasteiger charge is 2.22. The normalized spacial score (nSPS) is 11.6. The number of fused-ring (bicyclic) bond motifs is 6. The molecule has 56 heavy (non-hydrogen) atoms. The highest BCUT2D eigenvalue weighted by Crippen LogP contribution is 2.43. The Hall–Kier alpha value is -7.70. The molecule has 0 spiro atoms. The van der Waals surface area contributed by atoms with Gasteiger partial charge in [-0.1, -0.05) is 140 Å². The summed E-state index contributed by atoms with van der Waals surface area (Å²) in [6, 6.07) is 62.3. The zero-order valence-corrected chi connectivity index (χ0v) is 30.0. The van der Waals surface area contributed by atoms with Crippen molar-refractivity contribution in [2.45, 2.75) is 0 Å². The first kappa shape index (κ1) is 31.8. The van der Waals surface area contributed by atoms with Gasteiger partial charge in [-0.2, -0.15) is 0 Å². The standard InChI is InChI=1S/C50H31N5O/c1-5-16-32(17-6-1)35-28-42(50-53-48(33-18-7-2-8-19-33)52-49(54-50)34-20-9-3-10-21-34)46(51-31-35)39-26-15-25-38-41-29-44-40(30-45(41)56-47(38)39)37-24-13-14-27-43(37)55(44)36-22-11-4-12-23-36/h1-31H. The van der Waals surface area contributed by atoms with Gasteiger partial charge in [0.25, 0.3) is 0 Å². The van der Waals surface area contributed by atoms with Gasteiger partial charge in [0.1, 0.15) is 11.2 Å². The van der Waals surface area contributed by atoms with Crippen molar-refractivity contribution in [1.82, 2.24) is 24.5 Å². The Morgan fingerprint density at radius 3 is 1.68 bits per heavy atom. The van der Waals surface area contributed by atoms with E-state index in [1.165, 1.54) is 5.39 Å². The lowest BCUT2D eigenvalue weighted by Gasteiger charge is -2.13. The molecule has 0 saturated carbocycles. The van der Waals surface area contributed by atoms with E-state index in [1.807, 2.05) is 85.1 Å². The molecule has 0 bridgehead atoms. The van der Waals surface area contributed by atoms with Crippen LogP contribution in [0.1, 0.15) is 0 Å². The average molecular weight is 718 g/mol. The maximum Gasteiger partial charge on any atom is 0.166 e. The molecule has 7 aromatic carbocycles. The van der Waals surface area contributed by atoms with Gasteiger partial charge in [-0.05, 0) is 48.0 Å². The second-order valence-corrected chi connectivity index (χ2v) is 13.9. The summed E-state index contributed by atoms with van der Waals surface area (Å²) in [5.74, 6) is 1.70. The summed E-state index contributed by atoms with van der Waals surface area (Å²) >= 11 is 0. The predicted octanol–water partition coefficient (Wildman–Crippen LogP) is 12.6. The Balaban J connectivity index is 1.17. The summed E-state index contributed by atoms with van der Waals surface area (Å²) in [4.78, 5) is 20.5. The Kier molecular flexibility index (Phi) is 7.38. The molecule has 6 nitrogen and oxygen atoms in total. The van der Waals surface area contributed by atoms with Gasteiger partial charge >= 0.3 is 0 Å². The van der Waals surface area contributed by atoms with E-state index in [2.05, 4.69) is 108 Å². The van der Waals surface area contributed by atoms with Crippen molar-refractivity contribution in [1.29, 1.82) is 0 Å². The number of nitrogens with zero attached hydrogens (tertiary/aromatic N) is 5. The van der Waals surface area contributed by atoms with Gasteiger partial charge in [-0.3, -0.25) is 4.98 Å². The van der Waals surface area contributed by atoms with Crippen LogP contribution in [0.15, 0.2) is 193 Å². The minimum absolute atomic E-state index is 0.528. The molecular weight excluding hydrogens is 687 g/mol. The molecule has 0 amide bonds. The Labute approximate surface area is 322 Å². The van der Waals surface area contributed by atoms with E-state index in [-0.39, 0.29) is 0 Å². The quantitative estimate of drug-likeness (QED) is 0.171. The molecule has 0 radical (unpaired) electrons. The van der Waals surface area contributed by atoms with Crippen molar-refractivity contribution in [3.63, 3.8) is 0 Å². The van der Waals surface area contributed by atoms with Crippen molar-refractivity contribution in [2.24, 2.45) is 0 Å². The molecule has 0 unspecified atom stereocenters. The Morgan fingerprint density at radius 2 is 0.982 bits per heavy atom. The van der Waals surface area contributed by atoms with Crippen molar-refractivity contribution in [2.75, 3.05) is 0 Å². The number of furan rings is 1. The second-order valence-electron chi connectivity index (χ2n) is 13.9. The third-order valence-electron chi connectivity index (χ3n) is 10.5. The number of hydrogen-bond donors (Lipinski definition) is 0. The number of rotatable bonds is 6. The first-order valence-electron chi connectivity index (χ1n) is 18.6. The van der Waals surface area contributed by atoms with E-state index < -0.39 is 0 Å². The van der Waals surface area contributed by atoms with Crippen LogP contribution >= 0.6 is 0 Å². The molecule has 6 heteroatoms. The third-order valence-corrected chi connectivity index (χ3v) is 10.5. The van der Waals surface area contributed by atoms with Crippen molar-refractivity contribution in [3.8, 4) is 62.2 Å². The topological polar surface area (TPSA) is 69.6 Å². The molecule has 11 aromatic rings. The van der Waals surface area contributed by atoms with E-state index in [4.69, 9.17) is 24.4 Å². The molecule has 0 saturated heterocycles. The fraction of sp³-hybridized carbons (Fsp3) is 0. The molecule has 0 aliphatic heterocycles. The molecule has 11 rings (SSSR count). The highest BCUT2D eigenvalue weighted by molar-refractivity contribution is 6.18. The number of pyridine rings is 1. The van der Waals surface area contributed by atoms with Crippen LogP contribution in [0.4, 0.5) is 0 Å². The van der Waals surface area contributed by atoms with Crippen LogP contribution in [0, 0.1) is 0 Å². The molecule has 0 aliphatic rings. The molecule has 0 aliphatic carbocycles. The van der Waals surface area contributed by atoms with Gasteiger partial charge in [0, 0.05) is 61.2 Å². The molecule has 4 aromatic heterocycles. The van der Waals surface area contributed by atoms with Crippen LogP contribution in [0.3, 0.4) is 0 Å². The average Bonchev–Trinajstić information content (AvgIpc) is 3.81. The van der Waals surface area contributed by atoms with Crippen LogP contribution < -0.4 is 0 Å². The summed E-state index contributed by atoms with van der Waals surface area (Å²) in [5.41, 5.74) is 11.1. The molecule has 0 N–H and O–H groups in total.